The van der Waals surface area contributed by atoms with E-state index in [9.17, 15) is 18.4 Å². The first-order valence-corrected chi connectivity index (χ1v) is 9.54. The van der Waals surface area contributed by atoms with Gasteiger partial charge in [0.2, 0.25) is 5.91 Å². The molecule has 28 heavy (non-hydrogen) atoms. The minimum absolute atomic E-state index is 0.0572. The Bertz CT molecular complexity index is 702. The third-order valence-electron chi connectivity index (χ3n) is 5.16. The number of urea groups is 1. The summed E-state index contributed by atoms with van der Waals surface area (Å²) in [5.74, 6) is 0.0855. The fourth-order valence-corrected chi connectivity index (χ4v) is 3.55. The number of hydrogen-bond donors (Lipinski definition) is 1. The second kappa shape index (κ2) is 9.18. The van der Waals surface area contributed by atoms with Crippen molar-refractivity contribution in [3.63, 3.8) is 0 Å². The van der Waals surface area contributed by atoms with Crippen LogP contribution in [0, 0.1) is 6.92 Å². The Hall–Kier alpha value is -2.42. The zero-order chi connectivity index (χ0) is 20.1. The molecule has 1 N–H and O–H groups in total. The molecule has 0 bridgehead atoms. The summed E-state index contributed by atoms with van der Waals surface area (Å²) >= 11 is 0. The molecule has 2 saturated heterocycles. The van der Waals surface area contributed by atoms with Crippen LogP contribution in [0.25, 0.3) is 0 Å². The number of ether oxygens (including phenoxy) is 1. The SMILES string of the molecule is Cc1cccc(OC(F)F)c1NC(=O)N1CCN(CC(=O)N2CCCC2)CC1. The highest BCUT2D eigenvalue weighted by Gasteiger charge is 2.26. The number of aryl methyl sites for hydroxylation is 1. The van der Waals surface area contributed by atoms with Crippen molar-refractivity contribution in [2.24, 2.45) is 0 Å². The van der Waals surface area contributed by atoms with Crippen LogP contribution in [0.4, 0.5) is 19.3 Å². The molecule has 3 amide bonds. The quantitative estimate of drug-likeness (QED) is 0.830. The van der Waals surface area contributed by atoms with Crippen LogP contribution < -0.4 is 10.1 Å². The molecular weight excluding hydrogens is 370 g/mol. The van der Waals surface area contributed by atoms with Gasteiger partial charge in [0.15, 0.2) is 0 Å². The zero-order valence-electron chi connectivity index (χ0n) is 16.0. The first-order chi connectivity index (χ1) is 13.4. The van der Waals surface area contributed by atoms with Crippen LogP contribution in [0.3, 0.4) is 0 Å². The predicted molar refractivity (Wildman–Crippen MR) is 101 cm³/mol. The maximum absolute atomic E-state index is 12.6. The van der Waals surface area contributed by atoms with Gasteiger partial charge in [-0.15, -0.1) is 0 Å². The van der Waals surface area contributed by atoms with Gasteiger partial charge < -0.3 is 19.9 Å². The van der Waals surface area contributed by atoms with Crippen molar-refractivity contribution in [3.05, 3.63) is 23.8 Å². The predicted octanol–water partition coefficient (Wildman–Crippen LogP) is 2.37. The van der Waals surface area contributed by atoms with Crippen molar-refractivity contribution in [3.8, 4) is 5.75 Å². The smallest absolute Gasteiger partial charge is 0.387 e. The Morgan fingerprint density at radius 3 is 2.39 bits per heavy atom. The molecule has 1 aromatic carbocycles. The first-order valence-electron chi connectivity index (χ1n) is 9.54. The molecule has 1 aromatic rings. The molecule has 154 valence electrons. The summed E-state index contributed by atoms with van der Waals surface area (Å²) in [4.78, 5) is 30.4. The van der Waals surface area contributed by atoms with Crippen LogP contribution in [0.15, 0.2) is 18.2 Å². The van der Waals surface area contributed by atoms with E-state index in [4.69, 9.17) is 0 Å². The van der Waals surface area contributed by atoms with Gasteiger partial charge in [0.1, 0.15) is 5.75 Å². The number of likely N-dealkylation sites (tertiary alicyclic amines) is 1. The number of nitrogens with one attached hydrogen (secondary N) is 1. The fraction of sp³-hybridized carbons (Fsp3) is 0.579. The fourth-order valence-electron chi connectivity index (χ4n) is 3.55. The Kier molecular flexibility index (Phi) is 6.66. The molecule has 2 aliphatic rings. The molecule has 2 heterocycles. The van der Waals surface area contributed by atoms with E-state index in [1.54, 1.807) is 24.0 Å². The average Bonchev–Trinajstić information content (AvgIpc) is 3.19. The highest BCUT2D eigenvalue weighted by atomic mass is 19.3. The van der Waals surface area contributed by atoms with E-state index in [1.165, 1.54) is 6.07 Å². The van der Waals surface area contributed by atoms with Gasteiger partial charge in [-0.2, -0.15) is 8.78 Å². The van der Waals surface area contributed by atoms with Crippen molar-refractivity contribution in [2.45, 2.75) is 26.4 Å². The number of amides is 3. The molecule has 0 spiro atoms. The highest BCUT2D eigenvalue weighted by Crippen LogP contribution is 2.29. The van der Waals surface area contributed by atoms with E-state index in [0.717, 1.165) is 25.9 Å². The lowest BCUT2D eigenvalue weighted by Gasteiger charge is -2.35. The second-order valence-corrected chi connectivity index (χ2v) is 7.11. The zero-order valence-corrected chi connectivity index (χ0v) is 16.0. The lowest BCUT2D eigenvalue weighted by atomic mass is 10.2. The van der Waals surface area contributed by atoms with Crippen molar-refractivity contribution in [1.82, 2.24) is 14.7 Å². The lowest BCUT2D eigenvalue weighted by Crippen LogP contribution is -2.52. The summed E-state index contributed by atoms with van der Waals surface area (Å²) in [6, 6.07) is 4.35. The number of rotatable bonds is 5. The number of benzene rings is 1. The molecule has 9 heteroatoms. The van der Waals surface area contributed by atoms with Gasteiger partial charge in [0.25, 0.3) is 0 Å². The summed E-state index contributed by atoms with van der Waals surface area (Å²) in [6.45, 7) is 2.93. The molecule has 0 aliphatic carbocycles. The van der Waals surface area contributed by atoms with Crippen LogP contribution in [-0.2, 0) is 4.79 Å². The van der Waals surface area contributed by atoms with Crippen molar-refractivity contribution in [1.29, 1.82) is 0 Å². The van der Waals surface area contributed by atoms with Gasteiger partial charge in [-0.1, -0.05) is 12.1 Å². The van der Waals surface area contributed by atoms with Gasteiger partial charge in [-0.05, 0) is 31.4 Å². The maximum atomic E-state index is 12.6. The first kappa shape index (κ1) is 20.3. The number of nitrogens with zero attached hydrogens (tertiary/aromatic N) is 3. The second-order valence-electron chi connectivity index (χ2n) is 7.11. The molecule has 0 unspecified atom stereocenters. The number of halogens is 2. The number of hydrogen-bond acceptors (Lipinski definition) is 4. The van der Waals surface area contributed by atoms with E-state index in [1.807, 2.05) is 9.80 Å². The lowest BCUT2D eigenvalue weighted by molar-refractivity contribution is -0.131. The Balaban J connectivity index is 1.52. The number of alkyl halides is 2. The number of para-hydroxylation sites is 1. The van der Waals surface area contributed by atoms with Gasteiger partial charge in [0.05, 0.1) is 12.2 Å². The van der Waals surface area contributed by atoms with E-state index in [-0.39, 0.29) is 23.4 Å². The highest BCUT2D eigenvalue weighted by molar-refractivity contribution is 5.92. The summed E-state index contributed by atoms with van der Waals surface area (Å²) in [5.41, 5.74) is 0.890. The van der Waals surface area contributed by atoms with Crippen LogP contribution in [-0.4, -0.2) is 79.1 Å². The van der Waals surface area contributed by atoms with Crippen molar-refractivity contribution in [2.75, 3.05) is 51.1 Å². The van der Waals surface area contributed by atoms with Gasteiger partial charge in [-0.25, -0.2) is 4.79 Å². The molecule has 0 saturated carbocycles. The topological polar surface area (TPSA) is 65.1 Å². The monoisotopic (exact) mass is 396 g/mol. The van der Waals surface area contributed by atoms with Gasteiger partial charge >= 0.3 is 12.6 Å². The normalized spacial score (nSPS) is 17.9. The molecule has 0 aromatic heterocycles. The van der Waals surface area contributed by atoms with E-state index >= 15 is 0 Å². The number of anilines is 1. The standard InChI is InChI=1S/C19H26F2N4O3/c1-14-5-4-6-15(28-18(20)21)17(14)22-19(27)25-11-9-23(10-12-25)13-16(26)24-7-2-3-8-24/h4-6,18H,2-3,7-13H2,1H3,(H,22,27). The molecular formula is C19H26F2N4O3. The largest absolute Gasteiger partial charge is 0.433 e. The van der Waals surface area contributed by atoms with E-state index in [2.05, 4.69) is 10.1 Å². The summed E-state index contributed by atoms with van der Waals surface area (Å²) in [5, 5.41) is 2.69. The minimum atomic E-state index is -2.96. The third kappa shape index (κ3) is 5.09. The molecule has 3 rings (SSSR count). The van der Waals surface area contributed by atoms with Crippen LogP contribution >= 0.6 is 0 Å². The van der Waals surface area contributed by atoms with Crippen LogP contribution in [0.5, 0.6) is 5.75 Å². The van der Waals surface area contributed by atoms with Crippen molar-refractivity contribution >= 4 is 17.6 Å². The van der Waals surface area contributed by atoms with E-state index < -0.39 is 6.61 Å². The number of carbonyl (C=O) groups is 2. The summed E-state index contributed by atoms with van der Waals surface area (Å²) in [6.07, 6.45) is 2.13. The Labute approximate surface area is 163 Å². The minimum Gasteiger partial charge on any atom is -0.433 e. The Morgan fingerprint density at radius 2 is 1.75 bits per heavy atom. The number of carbonyl (C=O) groups excluding carboxylic acids is 2. The molecule has 2 aliphatic heterocycles. The molecule has 0 radical (unpaired) electrons. The third-order valence-corrected chi connectivity index (χ3v) is 5.16. The summed E-state index contributed by atoms with van der Waals surface area (Å²) in [7, 11) is 0. The molecule has 7 nitrogen and oxygen atoms in total. The van der Waals surface area contributed by atoms with Crippen molar-refractivity contribution < 1.29 is 23.1 Å². The van der Waals surface area contributed by atoms with Crippen LogP contribution in [0.2, 0.25) is 0 Å². The van der Waals surface area contributed by atoms with Crippen LogP contribution in [0.1, 0.15) is 18.4 Å². The molecule has 2 fully saturated rings. The van der Waals surface area contributed by atoms with Gasteiger partial charge in [-0.3, -0.25) is 9.69 Å². The van der Waals surface area contributed by atoms with E-state index in [0.29, 0.717) is 38.3 Å². The molecule has 0 atom stereocenters. The summed E-state index contributed by atoms with van der Waals surface area (Å²) < 4.78 is 29.7. The average molecular weight is 396 g/mol. The maximum Gasteiger partial charge on any atom is 0.387 e. The van der Waals surface area contributed by atoms with Gasteiger partial charge in [0, 0.05) is 39.3 Å². The Morgan fingerprint density at radius 1 is 1.07 bits per heavy atom. The number of piperazine rings is 1.